The summed E-state index contributed by atoms with van der Waals surface area (Å²) in [4.78, 5) is 41.0. The predicted octanol–water partition coefficient (Wildman–Crippen LogP) is 3.26. The number of fused-ring (bicyclic) bond motifs is 1. The molecule has 1 aromatic heterocycles. The number of hydrogen-bond donors (Lipinski definition) is 3. The molecule has 0 fully saturated rings. The standard InChI is InChI=1S/C23H24N4O4S/c1-3-11-24-21(29)16-7-4-5-8-18(16)25-20(28)15-9-10-17-19(14-15)26-23(32)27(22(17)30)12-6-13-31-2/h3-5,7-10,14H,1,6,11-13H2,2H3,(H,24,29)(H,25,28)(H,26,32). The molecule has 0 radical (unpaired) electrons. The highest BCUT2D eigenvalue weighted by molar-refractivity contribution is 7.71. The predicted molar refractivity (Wildman–Crippen MR) is 127 cm³/mol. The molecule has 0 bridgehead atoms. The number of ether oxygens (including phenoxy) is 1. The lowest BCUT2D eigenvalue weighted by Gasteiger charge is -2.12. The van der Waals surface area contributed by atoms with E-state index in [0.29, 0.717) is 53.8 Å². The maximum absolute atomic E-state index is 12.9. The van der Waals surface area contributed by atoms with Crippen LogP contribution in [0.4, 0.5) is 5.69 Å². The maximum Gasteiger partial charge on any atom is 0.262 e. The summed E-state index contributed by atoms with van der Waals surface area (Å²) in [5.74, 6) is -0.739. The molecule has 166 valence electrons. The summed E-state index contributed by atoms with van der Waals surface area (Å²) in [6.07, 6.45) is 2.23. The Balaban J connectivity index is 1.88. The zero-order valence-corrected chi connectivity index (χ0v) is 18.5. The van der Waals surface area contributed by atoms with Crippen molar-refractivity contribution in [3.63, 3.8) is 0 Å². The second kappa shape index (κ2) is 10.7. The summed E-state index contributed by atoms with van der Waals surface area (Å²) in [5, 5.41) is 5.88. The lowest BCUT2D eigenvalue weighted by molar-refractivity contribution is 0.0959. The minimum absolute atomic E-state index is 0.226. The molecule has 0 spiro atoms. The molecular weight excluding hydrogens is 428 g/mol. The van der Waals surface area contributed by atoms with E-state index >= 15 is 0 Å². The van der Waals surface area contributed by atoms with Crippen LogP contribution in [0.15, 0.2) is 59.9 Å². The van der Waals surface area contributed by atoms with Gasteiger partial charge in [0.05, 0.1) is 22.2 Å². The van der Waals surface area contributed by atoms with Gasteiger partial charge in [0.2, 0.25) is 0 Å². The fraction of sp³-hybridized carbons (Fsp3) is 0.217. The third kappa shape index (κ3) is 5.19. The van der Waals surface area contributed by atoms with Gasteiger partial charge in [-0.3, -0.25) is 19.0 Å². The first-order valence-electron chi connectivity index (χ1n) is 10.0. The van der Waals surface area contributed by atoms with Crippen molar-refractivity contribution in [2.24, 2.45) is 0 Å². The Morgan fingerprint density at radius 2 is 2.00 bits per heavy atom. The second-order valence-corrected chi connectivity index (χ2v) is 7.38. The van der Waals surface area contributed by atoms with Gasteiger partial charge in [-0.05, 0) is 49.0 Å². The van der Waals surface area contributed by atoms with Crippen LogP contribution in [-0.2, 0) is 11.3 Å². The molecule has 0 aliphatic heterocycles. The number of nitrogens with zero attached hydrogens (tertiary/aromatic N) is 1. The molecule has 9 heteroatoms. The molecule has 1 heterocycles. The molecule has 8 nitrogen and oxygen atoms in total. The highest BCUT2D eigenvalue weighted by Gasteiger charge is 2.15. The van der Waals surface area contributed by atoms with E-state index < -0.39 is 5.91 Å². The zero-order valence-electron chi connectivity index (χ0n) is 17.6. The second-order valence-electron chi connectivity index (χ2n) is 6.99. The molecule has 0 unspecified atom stereocenters. The molecule has 0 atom stereocenters. The topological polar surface area (TPSA) is 105 Å². The first kappa shape index (κ1) is 23.1. The number of methoxy groups -OCH3 is 1. The average Bonchev–Trinajstić information content (AvgIpc) is 2.79. The number of para-hydroxylation sites is 1. The number of carbonyl (C=O) groups excluding carboxylic acids is 2. The Labute approximate surface area is 189 Å². The van der Waals surface area contributed by atoms with E-state index in [1.165, 1.54) is 4.57 Å². The van der Waals surface area contributed by atoms with Crippen LogP contribution in [0.2, 0.25) is 0 Å². The number of carbonyl (C=O) groups is 2. The first-order chi connectivity index (χ1) is 15.5. The largest absolute Gasteiger partial charge is 0.385 e. The van der Waals surface area contributed by atoms with Gasteiger partial charge in [0.15, 0.2) is 4.77 Å². The van der Waals surface area contributed by atoms with E-state index in [0.717, 1.165) is 0 Å². The van der Waals surface area contributed by atoms with Gasteiger partial charge in [-0.15, -0.1) is 6.58 Å². The zero-order chi connectivity index (χ0) is 23.1. The van der Waals surface area contributed by atoms with Gasteiger partial charge in [0.1, 0.15) is 0 Å². The van der Waals surface area contributed by atoms with Crippen molar-refractivity contribution >= 4 is 40.6 Å². The molecule has 3 rings (SSSR count). The van der Waals surface area contributed by atoms with Gasteiger partial charge in [0.25, 0.3) is 17.4 Å². The summed E-state index contributed by atoms with van der Waals surface area (Å²) >= 11 is 5.33. The van der Waals surface area contributed by atoms with Gasteiger partial charge < -0.3 is 20.4 Å². The number of rotatable bonds is 9. The van der Waals surface area contributed by atoms with Crippen LogP contribution in [0, 0.1) is 4.77 Å². The lowest BCUT2D eigenvalue weighted by Crippen LogP contribution is -2.25. The molecule has 0 saturated heterocycles. The quantitative estimate of drug-likeness (QED) is 0.263. The van der Waals surface area contributed by atoms with Crippen molar-refractivity contribution in [2.75, 3.05) is 25.6 Å². The van der Waals surface area contributed by atoms with Gasteiger partial charge >= 0.3 is 0 Å². The smallest absolute Gasteiger partial charge is 0.262 e. The van der Waals surface area contributed by atoms with Crippen LogP contribution >= 0.6 is 12.2 Å². The van der Waals surface area contributed by atoms with Crippen LogP contribution in [0.25, 0.3) is 10.9 Å². The van der Waals surface area contributed by atoms with Gasteiger partial charge in [-0.2, -0.15) is 0 Å². The summed E-state index contributed by atoms with van der Waals surface area (Å²) < 4.78 is 6.79. The molecule has 2 aromatic carbocycles. The molecule has 32 heavy (non-hydrogen) atoms. The third-order valence-corrected chi connectivity index (χ3v) is 5.12. The van der Waals surface area contributed by atoms with Crippen LogP contribution < -0.4 is 16.2 Å². The molecule has 0 aliphatic rings. The highest BCUT2D eigenvalue weighted by atomic mass is 32.1. The van der Waals surface area contributed by atoms with E-state index in [-0.39, 0.29) is 16.2 Å². The summed E-state index contributed by atoms with van der Waals surface area (Å²) in [7, 11) is 1.60. The van der Waals surface area contributed by atoms with Crippen LogP contribution in [0.3, 0.4) is 0 Å². The molecule has 2 amide bonds. The normalized spacial score (nSPS) is 10.7. The Morgan fingerprint density at radius 3 is 2.75 bits per heavy atom. The summed E-state index contributed by atoms with van der Waals surface area (Å²) in [6, 6.07) is 11.4. The summed E-state index contributed by atoms with van der Waals surface area (Å²) in [6.45, 7) is 4.84. The number of benzene rings is 2. The van der Waals surface area contributed by atoms with Crippen molar-refractivity contribution < 1.29 is 14.3 Å². The first-order valence-corrected chi connectivity index (χ1v) is 10.4. The number of aromatic nitrogens is 2. The summed E-state index contributed by atoms with van der Waals surface area (Å²) in [5.41, 5.74) is 1.27. The van der Waals surface area contributed by atoms with E-state index in [1.54, 1.807) is 55.7 Å². The van der Waals surface area contributed by atoms with Crippen molar-refractivity contribution in [2.45, 2.75) is 13.0 Å². The molecule has 0 aliphatic carbocycles. The number of amides is 2. The van der Waals surface area contributed by atoms with Gasteiger partial charge in [-0.1, -0.05) is 18.2 Å². The monoisotopic (exact) mass is 452 g/mol. The number of anilines is 1. The number of hydrogen-bond acceptors (Lipinski definition) is 5. The van der Waals surface area contributed by atoms with Crippen molar-refractivity contribution in [3.05, 3.63) is 81.4 Å². The van der Waals surface area contributed by atoms with E-state index in [4.69, 9.17) is 17.0 Å². The Hall–Kier alpha value is -3.56. The van der Waals surface area contributed by atoms with Crippen molar-refractivity contribution in [3.8, 4) is 0 Å². The van der Waals surface area contributed by atoms with E-state index in [2.05, 4.69) is 22.2 Å². The molecule has 0 saturated carbocycles. The minimum atomic E-state index is -0.417. The fourth-order valence-corrected chi connectivity index (χ4v) is 3.49. The number of H-pyrrole nitrogens is 1. The number of aromatic amines is 1. The van der Waals surface area contributed by atoms with Gasteiger partial charge in [0, 0.05) is 32.4 Å². The third-order valence-electron chi connectivity index (χ3n) is 4.80. The number of nitrogens with one attached hydrogen (secondary N) is 3. The van der Waals surface area contributed by atoms with Crippen LogP contribution in [-0.4, -0.2) is 41.6 Å². The average molecular weight is 453 g/mol. The fourth-order valence-electron chi connectivity index (χ4n) is 3.21. The Bertz CT molecular complexity index is 1280. The van der Waals surface area contributed by atoms with Crippen molar-refractivity contribution in [1.82, 2.24) is 14.9 Å². The van der Waals surface area contributed by atoms with E-state index in [1.807, 2.05) is 0 Å². The molecule has 3 aromatic rings. The Kier molecular flexibility index (Phi) is 7.69. The molecular formula is C23H24N4O4S. The highest BCUT2D eigenvalue weighted by Crippen LogP contribution is 2.18. The molecule has 3 N–H and O–H groups in total. The SMILES string of the molecule is C=CCNC(=O)c1ccccc1NC(=O)c1ccc2c(=O)n(CCCOC)c(=S)[nH]c2c1. The van der Waals surface area contributed by atoms with Crippen molar-refractivity contribution in [1.29, 1.82) is 0 Å². The Morgan fingerprint density at radius 1 is 1.22 bits per heavy atom. The van der Waals surface area contributed by atoms with E-state index in [9.17, 15) is 14.4 Å². The lowest BCUT2D eigenvalue weighted by atomic mass is 10.1. The maximum atomic E-state index is 12.9. The van der Waals surface area contributed by atoms with Crippen LogP contribution in [0.5, 0.6) is 0 Å². The minimum Gasteiger partial charge on any atom is -0.385 e. The van der Waals surface area contributed by atoms with Gasteiger partial charge in [-0.25, -0.2) is 0 Å². The van der Waals surface area contributed by atoms with Crippen LogP contribution in [0.1, 0.15) is 27.1 Å².